The van der Waals surface area contributed by atoms with Gasteiger partial charge in [-0.15, -0.1) is 11.8 Å². The summed E-state index contributed by atoms with van der Waals surface area (Å²) in [6.07, 6.45) is 2.55. The van der Waals surface area contributed by atoms with Gasteiger partial charge in [0.15, 0.2) is 0 Å². The zero-order chi connectivity index (χ0) is 17.9. The predicted molar refractivity (Wildman–Crippen MR) is 103 cm³/mol. The molecule has 1 saturated heterocycles. The maximum atomic E-state index is 12.6. The molecule has 1 fully saturated rings. The fourth-order valence-electron chi connectivity index (χ4n) is 3.59. The number of carbonyl (C=O) groups is 2. The lowest BCUT2D eigenvalue weighted by Crippen LogP contribution is -2.30. The van der Waals surface area contributed by atoms with Crippen molar-refractivity contribution in [3.8, 4) is 0 Å². The number of fused-ring (bicyclic) bond motifs is 1. The Balaban J connectivity index is 1.42. The van der Waals surface area contributed by atoms with Gasteiger partial charge in [-0.1, -0.05) is 30.3 Å². The van der Waals surface area contributed by atoms with Crippen molar-refractivity contribution in [2.45, 2.75) is 36.7 Å². The standard InChI is InChI=1S/C21H22N2O2S/c24-20-6-3-12-23(20)14-15-7-9-16(10-8-15)21(25)22-18-11-13-26-19-5-2-1-4-17(18)19/h1-2,4-5,7-10,18H,3,6,11-14H2,(H,22,25)/t18-/m0/s1. The number of likely N-dealkylation sites (tertiary alicyclic amines) is 1. The zero-order valence-corrected chi connectivity index (χ0v) is 15.4. The first-order chi connectivity index (χ1) is 12.7. The van der Waals surface area contributed by atoms with Crippen molar-refractivity contribution in [1.29, 1.82) is 0 Å². The summed E-state index contributed by atoms with van der Waals surface area (Å²) in [5.41, 5.74) is 2.94. The predicted octanol–water partition coefficient (Wildman–Crippen LogP) is 3.78. The van der Waals surface area contributed by atoms with Crippen LogP contribution >= 0.6 is 11.8 Å². The van der Waals surface area contributed by atoms with Crippen LogP contribution in [0.15, 0.2) is 53.4 Å². The summed E-state index contributed by atoms with van der Waals surface area (Å²) >= 11 is 1.85. The fourth-order valence-corrected chi connectivity index (χ4v) is 4.71. The maximum Gasteiger partial charge on any atom is 0.251 e. The van der Waals surface area contributed by atoms with Crippen LogP contribution in [0.25, 0.3) is 0 Å². The normalized spacial score (nSPS) is 19.3. The molecule has 26 heavy (non-hydrogen) atoms. The molecular weight excluding hydrogens is 344 g/mol. The number of rotatable bonds is 4. The van der Waals surface area contributed by atoms with Crippen LogP contribution in [0.3, 0.4) is 0 Å². The Labute approximate surface area is 158 Å². The molecule has 2 aromatic carbocycles. The second kappa shape index (κ2) is 7.54. The van der Waals surface area contributed by atoms with Gasteiger partial charge in [0, 0.05) is 35.7 Å². The zero-order valence-electron chi connectivity index (χ0n) is 14.6. The van der Waals surface area contributed by atoms with E-state index in [1.165, 1.54) is 10.5 Å². The van der Waals surface area contributed by atoms with E-state index in [0.29, 0.717) is 18.5 Å². The molecule has 2 aromatic rings. The van der Waals surface area contributed by atoms with Crippen molar-refractivity contribution in [3.63, 3.8) is 0 Å². The minimum atomic E-state index is -0.0412. The molecule has 4 nitrogen and oxygen atoms in total. The number of thioether (sulfide) groups is 1. The van der Waals surface area contributed by atoms with Gasteiger partial charge >= 0.3 is 0 Å². The number of hydrogen-bond acceptors (Lipinski definition) is 3. The van der Waals surface area contributed by atoms with E-state index in [2.05, 4.69) is 17.4 Å². The number of hydrogen-bond donors (Lipinski definition) is 1. The third-order valence-corrected chi connectivity index (χ3v) is 6.15. The van der Waals surface area contributed by atoms with Crippen molar-refractivity contribution < 1.29 is 9.59 Å². The summed E-state index contributed by atoms with van der Waals surface area (Å²) < 4.78 is 0. The highest BCUT2D eigenvalue weighted by molar-refractivity contribution is 7.99. The highest BCUT2D eigenvalue weighted by atomic mass is 32.2. The molecule has 1 N–H and O–H groups in total. The van der Waals surface area contributed by atoms with Gasteiger partial charge in [0.1, 0.15) is 0 Å². The molecule has 4 rings (SSSR count). The third kappa shape index (κ3) is 3.63. The molecule has 2 amide bonds. The van der Waals surface area contributed by atoms with Crippen LogP contribution < -0.4 is 5.32 Å². The molecule has 2 heterocycles. The highest BCUT2D eigenvalue weighted by Gasteiger charge is 2.23. The number of nitrogens with one attached hydrogen (secondary N) is 1. The number of benzene rings is 2. The van der Waals surface area contributed by atoms with Gasteiger partial charge in [-0.3, -0.25) is 9.59 Å². The van der Waals surface area contributed by atoms with E-state index < -0.39 is 0 Å². The van der Waals surface area contributed by atoms with E-state index in [4.69, 9.17) is 0 Å². The summed E-state index contributed by atoms with van der Waals surface area (Å²) in [5.74, 6) is 1.20. The highest BCUT2D eigenvalue weighted by Crippen LogP contribution is 2.35. The van der Waals surface area contributed by atoms with Crippen LogP contribution in [0.1, 0.15) is 46.8 Å². The lowest BCUT2D eigenvalue weighted by Gasteiger charge is -2.26. The Morgan fingerprint density at radius 2 is 1.96 bits per heavy atom. The molecule has 0 aromatic heterocycles. The molecule has 2 aliphatic heterocycles. The SMILES string of the molecule is O=C(N[C@H]1CCSc2ccccc21)c1ccc(CN2CCCC2=O)cc1. The van der Waals surface area contributed by atoms with Gasteiger partial charge in [0.05, 0.1) is 6.04 Å². The van der Waals surface area contributed by atoms with E-state index in [0.717, 1.165) is 30.7 Å². The average molecular weight is 366 g/mol. The fraction of sp³-hybridized carbons (Fsp3) is 0.333. The van der Waals surface area contributed by atoms with Crippen LogP contribution in [0.4, 0.5) is 0 Å². The van der Waals surface area contributed by atoms with Crippen molar-refractivity contribution in [2.24, 2.45) is 0 Å². The van der Waals surface area contributed by atoms with Gasteiger partial charge in [0.25, 0.3) is 5.91 Å². The number of carbonyl (C=O) groups excluding carboxylic acids is 2. The van der Waals surface area contributed by atoms with Gasteiger partial charge in [-0.05, 0) is 42.2 Å². The molecule has 0 spiro atoms. The summed E-state index contributed by atoms with van der Waals surface area (Å²) in [5, 5.41) is 3.17. The van der Waals surface area contributed by atoms with Crippen LogP contribution in [0.5, 0.6) is 0 Å². The molecule has 0 bridgehead atoms. The van der Waals surface area contributed by atoms with Crippen molar-refractivity contribution in [1.82, 2.24) is 10.2 Å². The monoisotopic (exact) mass is 366 g/mol. The first-order valence-corrected chi connectivity index (χ1v) is 10.1. The van der Waals surface area contributed by atoms with Crippen molar-refractivity contribution in [2.75, 3.05) is 12.3 Å². The molecular formula is C21H22N2O2S. The average Bonchev–Trinajstić information content (AvgIpc) is 3.07. The van der Waals surface area contributed by atoms with Crippen LogP contribution in [-0.2, 0) is 11.3 Å². The van der Waals surface area contributed by atoms with E-state index in [1.54, 1.807) is 0 Å². The molecule has 0 unspecified atom stereocenters. The second-order valence-electron chi connectivity index (χ2n) is 6.82. The van der Waals surface area contributed by atoms with Crippen LogP contribution in [-0.4, -0.2) is 29.0 Å². The van der Waals surface area contributed by atoms with Gasteiger partial charge in [-0.2, -0.15) is 0 Å². The molecule has 0 saturated carbocycles. The Morgan fingerprint density at radius 1 is 1.15 bits per heavy atom. The third-order valence-electron chi connectivity index (χ3n) is 5.02. The first kappa shape index (κ1) is 17.2. The van der Waals surface area contributed by atoms with Gasteiger partial charge in [-0.25, -0.2) is 0 Å². The molecule has 2 aliphatic rings. The van der Waals surface area contributed by atoms with E-state index in [1.807, 2.05) is 53.1 Å². The molecule has 134 valence electrons. The Kier molecular flexibility index (Phi) is 4.98. The minimum Gasteiger partial charge on any atom is -0.345 e. The van der Waals surface area contributed by atoms with E-state index >= 15 is 0 Å². The smallest absolute Gasteiger partial charge is 0.251 e. The molecule has 5 heteroatoms. The largest absolute Gasteiger partial charge is 0.345 e. The van der Waals surface area contributed by atoms with Gasteiger partial charge in [0.2, 0.25) is 5.91 Å². The Bertz CT molecular complexity index is 819. The Hall–Kier alpha value is -2.27. The van der Waals surface area contributed by atoms with Gasteiger partial charge < -0.3 is 10.2 Å². The summed E-state index contributed by atoms with van der Waals surface area (Å²) in [6.45, 7) is 1.47. The minimum absolute atomic E-state index is 0.0412. The second-order valence-corrected chi connectivity index (χ2v) is 7.95. The molecule has 1 atom stereocenters. The summed E-state index contributed by atoms with van der Waals surface area (Å²) in [6, 6.07) is 16.0. The molecule has 0 aliphatic carbocycles. The quantitative estimate of drug-likeness (QED) is 0.896. The maximum absolute atomic E-state index is 12.6. The van der Waals surface area contributed by atoms with Crippen LogP contribution in [0.2, 0.25) is 0 Å². The summed E-state index contributed by atoms with van der Waals surface area (Å²) in [4.78, 5) is 27.5. The van der Waals surface area contributed by atoms with Crippen molar-refractivity contribution in [3.05, 3.63) is 65.2 Å². The van der Waals surface area contributed by atoms with E-state index in [9.17, 15) is 9.59 Å². The van der Waals surface area contributed by atoms with Crippen molar-refractivity contribution >= 4 is 23.6 Å². The summed E-state index contributed by atoms with van der Waals surface area (Å²) in [7, 11) is 0. The number of nitrogens with zero attached hydrogens (tertiary/aromatic N) is 1. The topological polar surface area (TPSA) is 49.4 Å². The molecule has 0 radical (unpaired) electrons. The lowest BCUT2D eigenvalue weighted by molar-refractivity contribution is -0.128. The van der Waals surface area contributed by atoms with E-state index in [-0.39, 0.29) is 17.9 Å². The lowest BCUT2D eigenvalue weighted by atomic mass is 10.0. The van der Waals surface area contributed by atoms with Crippen LogP contribution in [0, 0.1) is 0 Å². The number of amides is 2. The first-order valence-electron chi connectivity index (χ1n) is 9.10. The Morgan fingerprint density at radius 3 is 2.73 bits per heavy atom.